The monoisotopic (exact) mass is 426 g/mol. The van der Waals surface area contributed by atoms with Crippen molar-refractivity contribution in [3.63, 3.8) is 0 Å². The Hall–Kier alpha value is -3.55. The highest BCUT2D eigenvalue weighted by Crippen LogP contribution is 2.43. The molecule has 0 unspecified atom stereocenters. The molecule has 2 aromatic carbocycles. The normalized spacial score (nSPS) is 15.1. The Labute approximate surface area is 181 Å². The first-order valence-corrected chi connectivity index (χ1v) is 9.75. The number of oxime groups is 2. The van der Waals surface area contributed by atoms with Gasteiger partial charge in [0.05, 0.1) is 5.71 Å². The zero-order valence-corrected chi connectivity index (χ0v) is 18.3. The molecule has 2 aromatic rings. The van der Waals surface area contributed by atoms with E-state index < -0.39 is 5.97 Å². The Balaban J connectivity index is 1.97. The Kier molecular flexibility index (Phi) is 6.48. The van der Waals surface area contributed by atoms with Gasteiger partial charge in [-0.2, -0.15) is 0 Å². The number of carboxylic acid groups (broad SMARTS) is 1. The average molecular weight is 426 g/mol. The molecule has 0 radical (unpaired) electrons. The van der Waals surface area contributed by atoms with E-state index in [9.17, 15) is 9.90 Å². The van der Waals surface area contributed by atoms with E-state index in [2.05, 4.69) is 10.3 Å². The Morgan fingerprint density at radius 3 is 2.55 bits per heavy atom. The second-order valence-corrected chi connectivity index (χ2v) is 7.73. The summed E-state index contributed by atoms with van der Waals surface area (Å²) in [5, 5.41) is 17.2. The molecule has 0 saturated carbocycles. The van der Waals surface area contributed by atoms with Gasteiger partial charge in [0.15, 0.2) is 17.2 Å². The fourth-order valence-electron chi connectivity index (χ4n) is 3.51. The molecular formula is C23H26N2O6. The van der Waals surface area contributed by atoms with Crippen molar-refractivity contribution in [3.05, 3.63) is 58.7 Å². The van der Waals surface area contributed by atoms with Crippen LogP contribution in [0.4, 0.5) is 0 Å². The van der Waals surface area contributed by atoms with E-state index in [0.717, 1.165) is 17.5 Å². The summed E-state index contributed by atoms with van der Waals surface area (Å²) in [5.74, 6) is 0.0493. The molecule has 0 saturated heterocycles. The maximum Gasteiger partial charge on any atom is 0.358 e. The maximum absolute atomic E-state index is 11.6. The largest absolute Gasteiger partial charge is 0.485 e. The predicted molar refractivity (Wildman–Crippen MR) is 116 cm³/mol. The summed E-state index contributed by atoms with van der Waals surface area (Å²) in [6.45, 7) is 6.00. The standard InChI is InChI=1S/C23H26N2O6/c1-14(24-28-4)16-10-17-12-23(2,3)31-21(17)19(11-16)30-13-15-8-6-7-9-18(15)20(22(26)27)25-29-5/h6-11H,12-13H2,1-5H3,(H,26,27)/b24-14?,25-20+. The summed E-state index contributed by atoms with van der Waals surface area (Å²) in [7, 11) is 2.80. The highest BCUT2D eigenvalue weighted by molar-refractivity contribution is 6.42. The highest BCUT2D eigenvalue weighted by Gasteiger charge is 2.33. The molecule has 8 heteroatoms. The summed E-state index contributed by atoms with van der Waals surface area (Å²) in [6.07, 6.45) is 0.729. The Bertz CT molecular complexity index is 1040. The minimum atomic E-state index is -1.19. The Morgan fingerprint density at radius 2 is 1.87 bits per heavy atom. The van der Waals surface area contributed by atoms with Crippen LogP contribution < -0.4 is 9.47 Å². The quantitative estimate of drug-likeness (QED) is 0.509. The van der Waals surface area contributed by atoms with Crippen molar-refractivity contribution < 1.29 is 29.0 Å². The van der Waals surface area contributed by atoms with Crippen LogP contribution in [-0.2, 0) is 27.5 Å². The lowest BCUT2D eigenvalue weighted by atomic mass is 9.98. The molecule has 164 valence electrons. The molecular weight excluding hydrogens is 400 g/mol. The van der Waals surface area contributed by atoms with Crippen molar-refractivity contribution in [2.24, 2.45) is 10.3 Å². The third kappa shape index (κ3) is 4.96. The number of aliphatic carboxylic acids is 1. The van der Waals surface area contributed by atoms with E-state index in [1.165, 1.54) is 14.2 Å². The summed E-state index contributed by atoms with van der Waals surface area (Å²) >= 11 is 0. The minimum Gasteiger partial charge on any atom is -0.485 e. The van der Waals surface area contributed by atoms with Crippen LogP contribution in [0, 0.1) is 0 Å². The SMILES string of the molecule is CON=C(C)c1cc2c(c(OCc3ccccc3/C(=N\OC)C(=O)O)c1)OC(C)(C)C2. The van der Waals surface area contributed by atoms with E-state index in [1.54, 1.807) is 18.2 Å². The van der Waals surface area contributed by atoms with Crippen molar-refractivity contribution in [3.8, 4) is 11.5 Å². The third-order valence-corrected chi connectivity index (χ3v) is 4.81. The molecule has 0 atom stereocenters. The number of carboxylic acids is 1. The van der Waals surface area contributed by atoms with Gasteiger partial charge in [-0.05, 0) is 38.5 Å². The molecule has 0 aromatic heterocycles. The molecule has 1 aliphatic rings. The fraction of sp³-hybridized carbons (Fsp3) is 0.348. The van der Waals surface area contributed by atoms with E-state index in [4.69, 9.17) is 19.1 Å². The molecule has 1 aliphatic heterocycles. The van der Waals surface area contributed by atoms with Gasteiger partial charge in [-0.15, -0.1) is 0 Å². The average Bonchev–Trinajstić information content (AvgIpc) is 3.04. The molecule has 0 bridgehead atoms. The lowest BCUT2D eigenvalue weighted by Crippen LogP contribution is -2.24. The topological polar surface area (TPSA) is 98.9 Å². The molecule has 31 heavy (non-hydrogen) atoms. The number of carbonyl (C=O) groups is 1. The lowest BCUT2D eigenvalue weighted by molar-refractivity contribution is -0.129. The number of ether oxygens (including phenoxy) is 2. The summed E-state index contributed by atoms with van der Waals surface area (Å²) in [5.41, 5.74) is 3.11. The van der Waals surface area contributed by atoms with Gasteiger partial charge in [0, 0.05) is 23.1 Å². The van der Waals surface area contributed by atoms with Gasteiger partial charge in [0.1, 0.15) is 26.4 Å². The van der Waals surface area contributed by atoms with Gasteiger partial charge >= 0.3 is 5.97 Å². The van der Waals surface area contributed by atoms with E-state index in [1.807, 2.05) is 39.0 Å². The van der Waals surface area contributed by atoms with Gasteiger partial charge in [-0.3, -0.25) is 0 Å². The molecule has 0 fully saturated rings. The summed E-state index contributed by atoms with van der Waals surface area (Å²) in [6, 6.07) is 10.9. The zero-order chi connectivity index (χ0) is 22.6. The second kappa shape index (κ2) is 9.07. The van der Waals surface area contributed by atoms with Crippen molar-refractivity contribution in [2.45, 2.75) is 39.4 Å². The van der Waals surface area contributed by atoms with Crippen molar-refractivity contribution in [1.82, 2.24) is 0 Å². The Morgan fingerprint density at radius 1 is 1.16 bits per heavy atom. The molecule has 0 spiro atoms. The predicted octanol–water partition coefficient (Wildman–Crippen LogP) is 3.78. The van der Waals surface area contributed by atoms with Crippen molar-refractivity contribution in [1.29, 1.82) is 0 Å². The first kappa shape index (κ1) is 22.1. The van der Waals surface area contributed by atoms with Gasteiger partial charge in [0.25, 0.3) is 0 Å². The van der Waals surface area contributed by atoms with Gasteiger partial charge in [-0.1, -0.05) is 34.6 Å². The zero-order valence-electron chi connectivity index (χ0n) is 18.3. The van der Waals surface area contributed by atoms with Crippen molar-refractivity contribution >= 4 is 17.4 Å². The van der Waals surface area contributed by atoms with Crippen LogP contribution in [0.3, 0.4) is 0 Å². The lowest BCUT2D eigenvalue weighted by Gasteiger charge is -2.19. The first-order chi connectivity index (χ1) is 14.8. The maximum atomic E-state index is 11.6. The first-order valence-electron chi connectivity index (χ1n) is 9.75. The van der Waals surface area contributed by atoms with E-state index in [0.29, 0.717) is 28.3 Å². The van der Waals surface area contributed by atoms with Crippen LogP contribution in [0.2, 0.25) is 0 Å². The fourth-order valence-corrected chi connectivity index (χ4v) is 3.51. The van der Waals surface area contributed by atoms with Gasteiger partial charge in [0.2, 0.25) is 0 Å². The van der Waals surface area contributed by atoms with Crippen LogP contribution in [0.5, 0.6) is 11.5 Å². The van der Waals surface area contributed by atoms with Crippen LogP contribution in [0.25, 0.3) is 0 Å². The number of hydrogen-bond donors (Lipinski definition) is 1. The highest BCUT2D eigenvalue weighted by atomic mass is 16.6. The second-order valence-electron chi connectivity index (χ2n) is 7.73. The minimum absolute atomic E-state index is 0.117. The molecule has 0 aliphatic carbocycles. The molecule has 1 heterocycles. The molecule has 3 rings (SSSR count). The van der Waals surface area contributed by atoms with Crippen LogP contribution in [0.1, 0.15) is 43.0 Å². The van der Waals surface area contributed by atoms with Crippen LogP contribution in [-0.4, -0.2) is 42.3 Å². The molecule has 1 N–H and O–H groups in total. The summed E-state index contributed by atoms with van der Waals surface area (Å²) < 4.78 is 12.3. The smallest absolute Gasteiger partial charge is 0.358 e. The van der Waals surface area contributed by atoms with Gasteiger partial charge in [-0.25, -0.2) is 4.79 Å². The number of nitrogens with zero attached hydrogens (tertiary/aromatic N) is 2. The summed E-state index contributed by atoms with van der Waals surface area (Å²) in [4.78, 5) is 21.2. The van der Waals surface area contributed by atoms with Crippen LogP contribution in [0.15, 0.2) is 46.7 Å². The number of benzene rings is 2. The van der Waals surface area contributed by atoms with Gasteiger partial charge < -0.3 is 24.3 Å². The van der Waals surface area contributed by atoms with E-state index in [-0.39, 0.29) is 17.9 Å². The third-order valence-electron chi connectivity index (χ3n) is 4.81. The van der Waals surface area contributed by atoms with E-state index >= 15 is 0 Å². The molecule has 0 amide bonds. The van der Waals surface area contributed by atoms with Crippen molar-refractivity contribution in [2.75, 3.05) is 14.2 Å². The number of rotatable bonds is 8. The number of hydrogen-bond acceptors (Lipinski definition) is 7. The number of fused-ring (bicyclic) bond motifs is 1. The molecule has 8 nitrogen and oxygen atoms in total. The van der Waals surface area contributed by atoms with Crippen LogP contribution >= 0.6 is 0 Å².